The normalized spacial score (nSPS) is 10.8. The van der Waals surface area contributed by atoms with E-state index in [1.165, 1.54) is 23.5 Å². The molecule has 150 valence electrons. The Morgan fingerprint density at radius 1 is 1.00 bits per heavy atom. The Bertz CT molecular complexity index is 985. The van der Waals surface area contributed by atoms with Crippen LogP contribution in [0.4, 0.5) is 10.1 Å². The Hall–Kier alpha value is -3.13. The molecule has 0 radical (unpaired) electrons. The highest BCUT2D eigenvalue weighted by atomic mass is 32.1. The molecule has 0 saturated carbocycles. The third-order valence-corrected chi connectivity index (χ3v) is 4.96. The molecule has 6 nitrogen and oxygen atoms in total. The van der Waals surface area contributed by atoms with Gasteiger partial charge in [0.1, 0.15) is 10.8 Å². The topological polar surface area (TPSA) is 84.0 Å². The van der Waals surface area contributed by atoms with Gasteiger partial charge in [-0.15, -0.1) is 10.2 Å². The minimum Gasteiger partial charge on any atom is -0.348 e. The minimum absolute atomic E-state index is 0.255. The number of nitrogens with one attached hydrogen (secondary N) is 2. The van der Waals surface area contributed by atoms with Crippen molar-refractivity contribution < 1.29 is 14.0 Å². The molecule has 2 amide bonds. The van der Waals surface area contributed by atoms with Gasteiger partial charge < -0.3 is 10.6 Å². The number of hydrogen-bond donors (Lipinski definition) is 2. The number of halogens is 1. The molecular weight excluding hydrogens is 391 g/mol. The number of anilines is 1. The fourth-order valence-corrected chi connectivity index (χ4v) is 3.50. The molecule has 0 bridgehead atoms. The average molecular weight is 412 g/mol. The number of benzene rings is 2. The predicted molar refractivity (Wildman–Crippen MR) is 110 cm³/mol. The molecule has 0 aliphatic heterocycles. The molecule has 0 aliphatic carbocycles. The van der Waals surface area contributed by atoms with Crippen molar-refractivity contribution in [1.82, 2.24) is 15.5 Å². The molecule has 3 aromatic rings. The van der Waals surface area contributed by atoms with Gasteiger partial charge in [-0.2, -0.15) is 0 Å². The van der Waals surface area contributed by atoms with Crippen LogP contribution >= 0.6 is 11.3 Å². The first-order valence-electron chi connectivity index (χ1n) is 9.17. The summed E-state index contributed by atoms with van der Waals surface area (Å²) in [5.41, 5.74) is 1.82. The van der Waals surface area contributed by atoms with Crippen molar-refractivity contribution >= 4 is 28.8 Å². The van der Waals surface area contributed by atoms with Crippen molar-refractivity contribution in [2.24, 2.45) is 5.92 Å². The van der Waals surface area contributed by atoms with E-state index in [4.69, 9.17) is 0 Å². The molecule has 0 saturated heterocycles. The maximum atomic E-state index is 12.9. The van der Waals surface area contributed by atoms with E-state index >= 15 is 0 Å². The first-order valence-corrected chi connectivity index (χ1v) is 9.99. The van der Waals surface area contributed by atoms with Crippen molar-refractivity contribution in [3.05, 3.63) is 75.5 Å². The quantitative estimate of drug-likeness (QED) is 0.613. The van der Waals surface area contributed by atoms with E-state index in [-0.39, 0.29) is 17.6 Å². The van der Waals surface area contributed by atoms with Gasteiger partial charge in [0.25, 0.3) is 11.8 Å². The summed E-state index contributed by atoms with van der Waals surface area (Å²) >= 11 is 1.28. The predicted octanol–water partition coefficient (Wildman–Crippen LogP) is 4.06. The van der Waals surface area contributed by atoms with Gasteiger partial charge in [0, 0.05) is 24.2 Å². The first kappa shape index (κ1) is 20.6. The number of amides is 2. The Labute approximate surface area is 172 Å². The van der Waals surface area contributed by atoms with Crippen LogP contribution in [-0.4, -0.2) is 22.0 Å². The first-order chi connectivity index (χ1) is 13.9. The lowest BCUT2D eigenvalue weighted by atomic mass is 10.1. The Morgan fingerprint density at radius 3 is 2.34 bits per heavy atom. The highest BCUT2D eigenvalue weighted by molar-refractivity contribution is 7.13. The van der Waals surface area contributed by atoms with Gasteiger partial charge in [0.05, 0.1) is 0 Å². The number of hydrogen-bond acceptors (Lipinski definition) is 5. The van der Waals surface area contributed by atoms with Gasteiger partial charge in [-0.1, -0.05) is 37.3 Å². The summed E-state index contributed by atoms with van der Waals surface area (Å²) in [5.74, 6) is -0.455. The summed E-state index contributed by atoms with van der Waals surface area (Å²) in [4.78, 5) is 24.5. The summed E-state index contributed by atoms with van der Waals surface area (Å²) in [6.07, 6.45) is 0.784. The highest BCUT2D eigenvalue weighted by Crippen LogP contribution is 2.16. The smallest absolute Gasteiger partial charge is 0.286 e. The molecule has 0 aliphatic rings. The second-order valence-electron chi connectivity index (χ2n) is 6.94. The molecule has 2 N–H and O–H groups in total. The number of nitrogens with zero attached hydrogens (tertiary/aromatic N) is 2. The molecule has 0 spiro atoms. The fourth-order valence-electron chi connectivity index (χ4n) is 2.55. The molecule has 8 heteroatoms. The van der Waals surface area contributed by atoms with Crippen LogP contribution in [0.3, 0.4) is 0 Å². The number of carbonyl (C=O) groups excluding carboxylic acids is 2. The lowest BCUT2D eigenvalue weighted by Gasteiger charge is -2.07. The van der Waals surface area contributed by atoms with E-state index in [0.717, 1.165) is 17.0 Å². The van der Waals surface area contributed by atoms with E-state index in [9.17, 15) is 14.0 Å². The van der Waals surface area contributed by atoms with Gasteiger partial charge in [-0.25, -0.2) is 4.39 Å². The van der Waals surface area contributed by atoms with Crippen LogP contribution in [0.1, 0.15) is 44.6 Å². The van der Waals surface area contributed by atoms with Gasteiger partial charge in [-0.3, -0.25) is 9.59 Å². The lowest BCUT2D eigenvalue weighted by molar-refractivity contribution is 0.0950. The Balaban J connectivity index is 1.55. The maximum absolute atomic E-state index is 12.9. The number of carbonyl (C=O) groups is 2. The van der Waals surface area contributed by atoms with Gasteiger partial charge in [-0.05, 0) is 47.9 Å². The Morgan fingerprint density at radius 2 is 1.69 bits per heavy atom. The highest BCUT2D eigenvalue weighted by Gasteiger charge is 2.14. The summed E-state index contributed by atoms with van der Waals surface area (Å²) in [6, 6.07) is 12.5. The summed E-state index contributed by atoms with van der Waals surface area (Å²) < 4.78 is 12.9. The molecular formula is C21H21FN4O2S. The molecule has 0 fully saturated rings. The third-order valence-electron chi connectivity index (χ3n) is 4.02. The lowest BCUT2D eigenvalue weighted by Crippen LogP contribution is -2.22. The zero-order chi connectivity index (χ0) is 20.8. The monoisotopic (exact) mass is 412 g/mol. The molecule has 1 aromatic heterocycles. The molecule has 29 heavy (non-hydrogen) atoms. The molecule has 1 heterocycles. The minimum atomic E-state index is -0.328. The van der Waals surface area contributed by atoms with Crippen molar-refractivity contribution in [3.63, 3.8) is 0 Å². The number of aromatic nitrogens is 2. The van der Waals surface area contributed by atoms with Crippen LogP contribution in [0.25, 0.3) is 0 Å². The molecule has 0 atom stereocenters. The van der Waals surface area contributed by atoms with E-state index in [0.29, 0.717) is 28.7 Å². The van der Waals surface area contributed by atoms with Gasteiger partial charge in [0.15, 0.2) is 0 Å². The van der Waals surface area contributed by atoms with Crippen molar-refractivity contribution in [3.8, 4) is 0 Å². The second kappa shape index (κ2) is 9.38. The van der Waals surface area contributed by atoms with Crippen LogP contribution in [0, 0.1) is 11.7 Å². The van der Waals surface area contributed by atoms with Crippen LogP contribution in [0.2, 0.25) is 0 Å². The van der Waals surface area contributed by atoms with E-state index in [1.54, 1.807) is 36.4 Å². The summed E-state index contributed by atoms with van der Waals surface area (Å²) in [7, 11) is 0. The Kier molecular flexibility index (Phi) is 6.66. The third kappa shape index (κ3) is 5.92. The number of rotatable bonds is 7. The van der Waals surface area contributed by atoms with Crippen molar-refractivity contribution in [2.45, 2.75) is 26.8 Å². The summed E-state index contributed by atoms with van der Waals surface area (Å²) in [5, 5.41) is 14.6. The van der Waals surface area contributed by atoms with Crippen LogP contribution in [0.15, 0.2) is 48.5 Å². The van der Waals surface area contributed by atoms with Crippen LogP contribution in [-0.2, 0) is 13.0 Å². The van der Waals surface area contributed by atoms with Crippen LogP contribution in [0.5, 0.6) is 0 Å². The molecule has 3 rings (SSSR count). The second-order valence-corrected chi connectivity index (χ2v) is 8.00. The van der Waals surface area contributed by atoms with E-state index < -0.39 is 0 Å². The zero-order valence-corrected chi connectivity index (χ0v) is 16.9. The standard InChI is InChI=1S/C21H21FN4O2S/c1-13(2)11-18-25-26-21(29-18)20(28)24-17-9-5-15(6-10-17)19(27)23-12-14-3-7-16(22)8-4-14/h3-10,13H,11-12H2,1-2H3,(H,23,27)(H,24,28). The molecule has 0 unspecified atom stereocenters. The SMILES string of the molecule is CC(C)Cc1nnc(C(=O)Nc2ccc(C(=O)NCc3ccc(F)cc3)cc2)s1. The average Bonchev–Trinajstić information content (AvgIpc) is 3.16. The van der Waals surface area contributed by atoms with E-state index in [2.05, 4.69) is 34.7 Å². The van der Waals surface area contributed by atoms with Crippen molar-refractivity contribution in [1.29, 1.82) is 0 Å². The van der Waals surface area contributed by atoms with Gasteiger partial charge >= 0.3 is 0 Å². The zero-order valence-electron chi connectivity index (χ0n) is 16.1. The van der Waals surface area contributed by atoms with Gasteiger partial charge in [0.2, 0.25) is 5.01 Å². The summed E-state index contributed by atoms with van der Waals surface area (Å²) in [6.45, 7) is 4.46. The fraction of sp³-hybridized carbons (Fsp3) is 0.238. The van der Waals surface area contributed by atoms with E-state index in [1.807, 2.05) is 0 Å². The van der Waals surface area contributed by atoms with Crippen molar-refractivity contribution in [2.75, 3.05) is 5.32 Å². The molecule has 2 aromatic carbocycles. The van der Waals surface area contributed by atoms with Crippen LogP contribution < -0.4 is 10.6 Å². The maximum Gasteiger partial charge on any atom is 0.286 e. The largest absolute Gasteiger partial charge is 0.348 e.